The number of carboxylic acid groups (broad SMARTS) is 1. The van der Waals surface area contributed by atoms with Crippen LogP contribution in [0.5, 0.6) is 0 Å². The van der Waals surface area contributed by atoms with Crippen molar-refractivity contribution >= 4 is 18.0 Å². The summed E-state index contributed by atoms with van der Waals surface area (Å²) in [7, 11) is 0. The summed E-state index contributed by atoms with van der Waals surface area (Å²) in [6.07, 6.45) is 2.17. The van der Waals surface area contributed by atoms with Crippen LogP contribution in [0, 0.1) is 5.92 Å². The first-order valence-electron chi connectivity index (χ1n) is 11.5. The molecule has 0 radical (unpaired) electrons. The molecule has 3 N–H and O–H groups in total. The zero-order chi connectivity index (χ0) is 23.4. The molecule has 2 amide bonds. The molecule has 2 aliphatic rings. The lowest BCUT2D eigenvalue weighted by Crippen LogP contribution is -2.36. The Bertz CT molecular complexity index is 991. The molecule has 0 aliphatic heterocycles. The van der Waals surface area contributed by atoms with Crippen LogP contribution in [0.2, 0.25) is 0 Å². The Labute approximate surface area is 193 Å². The van der Waals surface area contributed by atoms with E-state index >= 15 is 0 Å². The van der Waals surface area contributed by atoms with Crippen LogP contribution in [-0.4, -0.2) is 41.8 Å². The van der Waals surface area contributed by atoms with Crippen LogP contribution in [0.15, 0.2) is 48.5 Å². The summed E-state index contributed by atoms with van der Waals surface area (Å²) in [6.45, 7) is 1.96. The molecule has 0 saturated heterocycles. The number of benzene rings is 2. The predicted octanol–water partition coefficient (Wildman–Crippen LogP) is 4.06. The molecule has 3 atom stereocenters. The first-order valence-corrected chi connectivity index (χ1v) is 11.5. The van der Waals surface area contributed by atoms with Gasteiger partial charge in [-0.05, 0) is 54.4 Å². The molecule has 0 spiro atoms. The molecular weight excluding hydrogens is 420 g/mol. The molecule has 2 aromatic carbocycles. The van der Waals surface area contributed by atoms with Gasteiger partial charge in [-0.3, -0.25) is 9.59 Å². The molecule has 33 heavy (non-hydrogen) atoms. The zero-order valence-electron chi connectivity index (χ0n) is 18.8. The van der Waals surface area contributed by atoms with E-state index in [1.54, 1.807) is 6.92 Å². The van der Waals surface area contributed by atoms with E-state index in [9.17, 15) is 14.4 Å². The number of rotatable bonds is 8. The molecule has 0 aromatic heterocycles. The van der Waals surface area contributed by atoms with Gasteiger partial charge in [-0.2, -0.15) is 0 Å². The minimum Gasteiger partial charge on any atom is -0.481 e. The number of fused-ring (bicyclic) bond motifs is 3. The Morgan fingerprint density at radius 1 is 1.03 bits per heavy atom. The second-order valence-corrected chi connectivity index (χ2v) is 9.12. The number of nitrogens with one attached hydrogen (secondary N) is 2. The first kappa shape index (κ1) is 22.8. The number of hydrogen-bond donors (Lipinski definition) is 3. The maximum atomic E-state index is 12.5. The monoisotopic (exact) mass is 450 g/mol. The molecular formula is C26H30N2O5. The third-order valence-corrected chi connectivity index (χ3v) is 6.57. The summed E-state index contributed by atoms with van der Waals surface area (Å²) in [6, 6.07) is 16.0. The standard InChI is InChI=1S/C26H30N2O5/c1-16(12-25(30)31)27-24(29)14-17-10-11-18(13-17)28-26(32)33-15-23-21-8-4-2-6-19(21)20-7-3-5-9-22(20)23/h2-9,16-18,23H,10-15H2,1H3,(H,27,29)(H,28,32)(H,30,31)/t16-,17-,18+/m1/s1. The smallest absolute Gasteiger partial charge is 0.407 e. The Morgan fingerprint density at radius 2 is 1.67 bits per heavy atom. The van der Waals surface area contributed by atoms with Crippen LogP contribution in [0.4, 0.5) is 4.79 Å². The van der Waals surface area contributed by atoms with Crippen molar-refractivity contribution in [2.75, 3.05) is 6.61 Å². The van der Waals surface area contributed by atoms with Crippen molar-refractivity contribution in [2.45, 2.75) is 57.0 Å². The summed E-state index contributed by atoms with van der Waals surface area (Å²) >= 11 is 0. The molecule has 7 nitrogen and oxygen atoms in total. The average molecular weight is 451 g/mol. The number of hydrogen-bond acceptors (Lipinski definition) is 4. The molecule has 0 bridgehead atoms. The van der Waals surface area contributed by atoms with Crippen LogP contribution < -0.4 is 10.6 Å². The van der Waals surface area contributed by atoms with Gasteiger partial charge in [0.2, 0.25) is 5.91 Å². The van der Waals surface area contributed by atoms with Gasteiger partial charge in [-0.1, -0.05) is 48.5 Å². The summed E-state index contributed by atoms with van der Waals surface area (Å²) < 4.78 is 5.62. The normalized spacial score (nSPS) is 19.9. The first-order chi connectivity index (χ1) is 15.9. The summed E-state index contributed by atoms with van der Waals surface area (Å²) in [5.41, 5.74) is 4.74. The van der Waals surface area contributed by atoms with Crippen molar-refractivity contribution in [1.82, 2.24) is 10.6 Å². The lowest BCUT2D eigenvalue weighted by atomic mass is 9.98. The van der Waals surface area contributed by atoms with E-state index in [2.05, 4.69) is 34.9 Å². The van der Waals surface area contributed by atoms with Crippen molar-refractivity contribution in [3.8, 4) is 11.1 Å². The molecule has 2 aromatic rings. The van der Waals surface area contributed by atoms with Crippen LogP contribution >= 0.6 is 0 Å². The van der Waals surface area contributed by atoms with Gasteiger partial charge in [0.25, 0.3) is 0 Å². The second-order valence-electron chi connectivity index (χ2n) is 9.12. The minimum atomic E-state index is -0.934. The van der Waals surface area contributed by atoms with E-state index in [0.29, 0.717) is 12.8 Å². The SMILES string of the molecule is C[C@H](CC(=O)O)NC(=O)C[C@@H]1CC[C@H](NC(=O)OCC2c3ccccc3-c3ccccc32)C1. The Kier molecular flexibility index (Phi) is 6.96. The van der Waals surface area contributed by atoms with Crippen molar-refractivity contribution in [3.05, 3.63) is 59.7 Å². The van der Waals surface area contributed by atoms with Gasteiger partial charge in [0.05, 0.1) is 6.42 Å². The highest BCUT2D eigenvalue weighted by atomic mass is 16.5. The van der Waals surface area contributed by atoms with E-state index in [1.807, 2.05) is 24.3 Å². The van der Waals surface area contributed by atoms with E-state index in [1.165, 1.54) is 22.3 Å². The number of carboxylic acids is 1. The summed E-state index contributed by atoms with van der Waals surface area (Å²) in [5, 5.41) is 14.5. The molecule has 1 saturated carbocycles. The fraction of sp³-hybridized carbons (Fsp3) is 0.423. The molecule has 4 rings (SSSR count). The molecule has 1 fully saturated rings. The maximum Gasteiger partial charge on any atom is 0.407 e. The fourth-order valence-electron chi connectivity index (χ4n) is 5.11. The Balaban J connectivity index is 1.24. The van der Waals surface area contributed by atoms with Gasteiger partial charge in [0.1, 0.15) is 6.61 Å². The Morgan fingerprint density at radius 3 is 2.30 bits per heavy atom. The van der Waals surface area contributed by atoms with Crippen LogP contribution in [0.25, 0.3) is 11.1 Å². The zero-order valence-corrected chi connectivity index (χ0v) is 18.8. The van der Waals surface area contributed by atoms with Crippen LogP contribution in [0.3, 0.4) is 0 Å². The summed E-state index contributed by atoms with van der Waals surface area (Å²) in [4.78, 5) is 35.4. The number of ether oxygens (including phenoxy) is 1. The number of amides is 2. The van der Waals surface area contributed by atoms with E-state index in [0.717, 1.165) is 12.8 Å². The Hall–Kier alpha value is -3.35. The number of carbonyl (C=O) groups is 3. The topological polar surface area (TPSA) is 105 Å². The van der Waals surface area contributed by atoms with Crippen LogP contribution in [0.1, 0.15) is 56.1 Å². The van der Waals surface area contributed by atoms with Gasteiger partial charge >= 0.3 is 12.1 Å². The lowest BCUT2D eigenvalue weighted by molar-refractivity contribution is -0.137. The van der Waals surface area contributed by atoms with Crippen molar-refractivity contribution in [3.63, 3.8) is 0 Å². The highest BCUT2D eigenvalue weighted by Gasteiger charge is 2.31. The van der Waals surface area contributed by atoms with Crippen molar-refractivity contribution < 1.29 is 24.2 Å². The molecule has 7 heteroatoms. The number of aliphatic carboxylic acids is 1. The minimum absolute atomic E-state index is 0.0186. The van der Waals surface area contributed by atoms with Crippen LogP contribution in [-0.2, 0) is 14.3 Å². The molecule has 174 valence electrons. The fourth-order valence-corrected chi connectivity index (χ4v) is 5.11. The maximum absolute atomic E-state index is 12.5. The van der Waals surface area contributed by atoms with Gasteiger partial charge < -0.3 is 20.5 Å². The number of alkyl carbamates (subject to hydrolysis) is 1. The number of carbonyl (C=O) groups excluding carboxylic acids is 2. The third kappa shape index (κ3) is 5.53. The molecule has 2 aliphatic carbocycles. The van der Waals surface area contributed by atoms with Gasteiger partial charge in [0, 0.05) is 24.4 Å². The van der Waals surface area contributed by atoms with Gasteiger partial charge in [-0.25, -0.2) is 4.79 Å². The molecule has 0 unspecified atom stereocenters. The second kappa shape index (κ2) is 10.1. The van der Waals surface area contributed by atoms with Crippen molar-refractivity contribution in [1.29, 1.82) is 0 Å². The highest BCUT2D eigenvalue weighted by Crippen LogP contribution is 2.44. The van der Waals surface area contributed by atoms with E-state index < -0.39 is 18.1 Å². The van der Waals surface area contributed by atoms with E-state index in [-0.39, 0.29) is 36.8 Å². The highest BCUT2D eigenvalue weighted by molar-refractivity contribution is 5.79. The van der Waals surface area contributed by atoms with Gasteiger partial charge in [0.15, 0.2) is 0 Å². The summed E-state index contributed by atoms with van der Waals surface area (Å²) in [5.74, 6) is -0.886. The molecule has 0 heterocycles. The van der Waals surface area contributed by atoms with E-state index in [4.69, 9.17) is 9.84 Å². The lowest BCUT2D eigenvalue weighted by Gasteiger charge is -2.17. The quantitative estimate of drug-likeness (QED) is 0.563. The average Bonchev–Trinajstić information content (AvgIpc) is 3.33. The predicted molar refractivity (Wildman–Crippen MR) is 124 cm³/mol. The van der Waals surface area contributed by atoms with Gasteiger partial charge in [-0.15, -0.1) is 0 Å². The third-order valence-electron chi connectivity index (χ3n) is 6.57. The van der Waals surface area contributed by atoms with Crippen molar-refractivity contribution in [2.24, 2.45) is 5.92 Å². The largest absolute Gasteiger partial charge is 0.481 e.